The number of nitrogens with two attached hydrogens (primary N) is 1. The summed E-state index contributed by atoms with van der Waals surface area (Å²) < 4.78 is 21.4. The van der Waals surface area contributed by atoms with Crippen molar-refractivity contribution in [1.29, 1.82) is 5.26 Å². The third-order valence-electron chi connectivity index (χ3n) is 5.10. The second kappa shape index (κ2) is 5.88. The molecule has 144 valence electrons. The fourth-order valence-electron chi connectivity index (χ4n) is 3.40. The average Bonchev–Trinajstić information content (AvgIpc) is 3.29. The van der Waals surface area contributed by atoms with Crippen molar-refractivity contribution < 1.29 is 19.3 Å². The molecule has 0 amide bonds. The van der Waals surface area contributed by atoms with Crippen molar-refractivity contribution in [3.8, 4) is 6.07 Å². The van der Waals surface area contributed by atoms with Crippen LogP contribution in [-0.2, 0) is 11.3 Å². The molecular formula is C15H17FN6O5. The summed E-state index contributed by atoms with van der Waals surface area (Å²) in [7, 11) is 0. The number of nitriles is 1. The Hall–Kier alpha value is -2.75. The van der Waals surface area contributed by atoms with E-state index in [0.717, 1.165) is 9.13 Å². The molecule has 2 aliphatic rings. The van der Waals surface area contributed by atoms with Crippen LogP contribution in [0.5, 0.6) is 0 Å². The maximum Gasteiger partial charge on any atom is 0.332 e. The molecule has 2 fully saturated rings. The molecule has 5 N–H and O–H groups in total. The maximum atomic E-state index is 14.1. The molecule has 4 atom stereocenters. The Kier molecular flexibility index (Phi) is 3.84. The lowest BCUT2D eigenvalue weighted by Crippen LogP contribution is -2.35. The van der Waals surface area contributed by atoms with Gasteiger partial charge in [-0.25, -0.2) is 13.8 Å². The Morgan fingerprint density at radius 3 is 2.74 bits per heavy atom. The van der Waals surface area contributed by atoms with Crippen LogP contribution in [0.25, 0.3) is 11.2 Å². The molecule has 12 heteroatoms. The number of nitrogens with one attached hydrogen (secondary N) is 1. The third kappa shape index (κ3) is 2.54. The number of halogens is 1. The summed E-state index contributed by atoms with van der Waals surface area (Å²) in [5.74, 6) is -0.275. The van der Waals surface area contributed by atoms with Gasteiger partial charge in [-0.1, -0.05) is 0 Å². The quantitative estimate of drug-likeness (QED) is 0.489. The van der Waals surface area contributed by atoms with Gasteiger partial charge in [-0.2, -0.15) is 10.2 Å². The van der Waals surface area contributed by atoms with Crippen molar-refractivity contribution >= 4 is 17.1 Å². The first-order valence-electron chi connectivity index (χ1n) is 8.32. The summed E-state index contributed by atoms with van der Waals surface area (Å²) in [6.07, 6.45) is -5.37. The largest absolute Gasteiger partial charge is 0.394 e. The zero-order chi connectivity index (χ0) is 19.5. The van der Waals surface area contributed by atoms with Crippen LogP contribution in [0.15, 0.2) is 9.59 Å². The lowest BCUT2D eigenvalue weighted by molar-refractivity contribution is -0.0514. The number of nitrogen functional groups attached to an aromatic ring is 1. The SMILES string of the molecule is N#CC1(Cn2c(=O)n([C@@H]3O[C@H](CO)[C@@H](F)[C@H]3O)c3nc(N)[nH]c(=O)c32)CC1. The number of aliphatic hydroxyl groups is 2. The minimum Gasteiger partial charge on any atom is -0.394 e. The number of rotatable bonds is 4. The highest BCUT2D eigenvalue weighted by molar-refractivity contribution is 5.72. The van der Waals surface area contributed by atoms with E-state index in [9.17, 15) is 29.5 Å². The highest BCUT2D eigenvalue weighted by Gasteiger charge is 2.48. The van der Waals surface area contributed by atoms with Crippen molar-refractivity contribution in [1.82, 2.24) is 19.1 Å². The Balaban J connectivity index is 1.94. The van der Waals surface area contributed by atoms with Crippen molar-refractivity contribution in [2.75, 3.05) is 12.3 Å². The second-order valence-corrected chi connectivity index (χ2v) is 6.94. The van der Waals surface area contributed by atoms with Gasteiger partial charge in [0.15, 0.2) is 23.6 Å². The van der Waals surface area contributed by atoms with E-state index >= 15 is 0 Å². The number of alkyl halides is 1. The van der Waals surface area contributed by atoms with Crippen molar-refractivity contribution in [3.05, 3.63) is 20.8 Å². The molecule has 2 aromatic rings. The topological polar surface area (TPSA) is 172 Å². The van der Waals surface area contributed by atoms with E-state index in [0.29, 0.717) is 12.8 Å². The fourth-order valence-corrected chi connectivity index (χ4v) is 3.40. The van der Waals surface area contributed by atoms with E-state index in [-0.39, 0.29) is 23.7 Å². The molecule has 0 bridgehead atoms. The number of aromatic nitrogens is 4. The highest BCUT2D eigenvalue weighted by atomic mass is 19.1. The van der Waals surface area contributed by atoms with Gasteiger partial charge < -0.3 is 20.7 Å². The predicted molar refractivity (Wildman–Crippen MR) is 88.2 cm³/mol. The first-order valence-corrected chi connectivity index (χ1v) is 8.32. The van der Waals surface area contributed by atoms with E-state index in [2.05, 4.69) is 16.0 Å². The monoisotopic (exact) mass is 380 g/mol. The maximum absolute atomic E-state index is 14.1. The van der Waals surface area contributed by atoms with Crippen LogP contribution in [0.3, 0.4) is 0 Å². The zero-order valence-electron chi connectivity index (χ0n) is 14.0. The lowest BCUT2D eigenvalue weighted by Gasteiger charge is -2.15. The molecule has 0 radical (unpaired) electrons. The van der Waals surface area contributed by atoms with Crippen molar-refractivity contribution in [2.45, 2.75) is 44.0 Å². The molecule has 3 heterocycles. The van der Waals surface area contributed by atoms with E-state index < -0.39 is 47.9 Å². The normalized spacial score (nSPS) is 29.1. The number of anilines is 1. The first kappa shape index (κ1) is 17.7. The van der Waals surface area contributed by atoms with Gasteiger partial charge >= 0.3 is 5.69 Å². The Morgan fingerprint density at radius 2 is 2.19 bits per heavy atom. The Bertz CT molecular complexity index is 1060. The number of aliphatic hydroxyl groups excluding tert-OH is 2. The number of hydrogen-bond acceptors (Lipinski definition) is 8. The number of ether oxygens (including phenoxy) is 1. The molecule has 0 aromatic carbocycles. The van der Waals surface area contributed by atoms with E-state index in [1.54, 1.807) is 0 Å². The van der Waals surface area contributed by atoms with Gasteiger partial charge in [0, 0.05) is 6.54 Å². The van der Waals surface area contributed by atoms with Gasteiger partial charge in [-0.05, 0) is 12.8 Å². The van der Waals surface area contributed by atoms with Gasteiger partial charge in [0.05, 0.1) is 18.1 Å². The summed E-state index contributed by atoms with van der Waals surface area (Å²) in [6.45, 7) is -0.748. The van der Waals surface area contributed by atoms with Crippen LogP contribution in [0.2, 0.25) is 0 Å². The minimum atomic E-state index is -1.93. The van der Waals surface area contributed by atoms with Crippen LogP contribution >= 0.6 is 0 Å². The van der Waals surface area contributed by atoms with E-state index in [4.69, 9.17) is 10.5 Å². The van der Waals surface area contributed by atoms with Gasteiger partial charge in [0.2, 0.25) is 5.95 Å². The summed E-state index contributed by atoms with van der Waals surface area (Å²) in [5.41, 5.74) is 2.99. The van der Waals surface area contributed by atoms with Gasteiger partial charge in [0.25, 0.3) is 5.56 Å². The van der Waals surface area contributed by atoms with Crippen LogP contribution in [0.4, 0.5) is 10.3 Å². The van der Waals surface area contributed by atoms with Crippen LogP contribution in [-0.4, -0.2) is 54.3 Å². The van der Waals surface area contributed by atoms with Crippen LogP contribution in [0, 0.1) is 16.7 Å². The smallest absolute Gasteiger partial charge is 0.332 e. The molecule has 0 unspecified atom stereocenters. The molecule has 2 aromatic heterocycles. The Labute approximate surface area is 150 Å². The molecular weight excluding hydrogens is 363 g/mol. The number of hydrogen-bond donors (Lipinski definition) is 4. The molecule has 27 heavy (non-hydrogen) atoms. The molecule has 1 saturated carbocycles. The van der Waals surface area contributed by atoms with Crippen molar-refractivity contribution in [2.24, 2.45) is 5.41 Å². The van der Waals surface area contributed by atoms with Crippen LogP contribution < -0.4 is 17.0 Å². The Morgan fingerprint density at radius 1 is 1.48 bits per heavy atom. The highest BCUT2D eigenvalue weighted by Crippen LogP contribution is 2.46. The standard InChI is InChI=1S/C15H17FN6O5/c16-7-6(3-23)27-12(9(7)24)22-10-8(11(25)20-13(18)19-10)21(14(22)26)5-15(4-17)1-2-15/h6-7,9,12,23-24H,1-3,5H2,(H3,18,19,20,25)/t6-,7-,9-,12-/m1/s1. The number of nitrogens with zero attached hydrogens (tertiary/aromatic N) is 4. The molecule has 0 spiro atoms. The number of H-pyrrole nitrogens is 1. The molecule has 1 aliphatic heterocycles. The van der Waals surface area contributed by atoms with E-state index in [1.165, 1.54) is 0 Å². The fraction of sp³-hybridized carbons (Fsp3) is 0.600. The molecule has 4 rings (SSSR count). The number of fused-ring (bicyclic) bond motifs is 1. The van der Waals surface area contributed by atoms with Gasteiger partial charge in [-0.15, -0.1) is 0 Å². The third-order valence-corrected chi connectivity index (χ3v) is 5.10. The number of imidazole rings is 1. The summed E-state index contributed by atoms with van der Waals surface area (Å²) in [6, 6.07) is 2.13. The summed E-state index contributed by atoms with van der Waals surface area (Å²) >= 11 is 0. The van der Waals surface area contributed by atoms with Crippen molar-refractivity contribution in [3.63, 3.8) is 0 Å². The van der Waals surface area contributed by atoms with Gasteiger partial charge in [0.1, 0.15) is 12.2 Å². The second-order valence-electron chi connectivity index (χ2n) is 6.94. The molecule has 1 saturated heterocycles. The average molecular weight is 380 g/mol. The lowest BCUT2D eigenvalue weighted by atomic mass is 10.1. The van der Waals surface area contributed by atoms with Gasteiger partial charge in [-0.3, -0.25) is 14.3 Å². The van der Waals surface area contributed by atoms with Crippen LogP contribution in [0.1, 0.15) is 19.1 Å². The first-order chi connectivity index (χ1) is 12.8. The zero-order valence-corrected chi connectivity index (χ0v) is 14.0. The molecule has 1 aliphatic carbocycles. The predicted octanol–water partition coefficient (Wildman–Crippen LogP) is -1.64. The minimum absolute atomic E-state index is 0.0498. The summed E-state index contributed by atoms with van der Waals surface area (Å²) in [4.78, 5) is 31.7. The summed E-state index contributed by atoms with van der Waals surface area (Å²) in [5, 5.41) is 28.7. The molecule has 11 nitrogen and oxygen atoms in total. The van der Waals surface area contributed by atoms with E-state index in [1.807, 2.05) is 0 Å². The number of aromatic amines is 1.